The summed E-state index contributed by atoms with van der Waals surface area (Å²) >= 11 is 0. The van der Waals surface area contributed by atoms with E-state index in [-0.39, 0.29) is 5.66 Å². The molecular formula is C38H60N2. The molecule has 2 aromatic rings. The van der Waals surface area contributed by atoms with Gasteiger partial charge in [0.15, 0.2) is 0 Å². The fraction of sp³-hybridized carbons (Fsp3) is 0.632. The van der Waals surface area contributed by atoms with Crippen molar-refractivity contribution in [3.8, 4) is 0 Å². The second-order valence-electron chi connectivity index (χ2n) is 12.5. The van der Waals surface area contributed by atoms with Crippen molar-refractivity contribution in [1.82, 2.24) is 9.80 Å². The van der Waals surface area contributed by atoms with Gasteiger partial charge in [-0.25, -0.2) is 0 Å². The van der Waals surface area contributed by atoms with Crippen molar-refractivity contribution < 1.29 is 0 Å². The fourth-order valence-electron chi connectivity index (χ4n) is 7.03. The molecule has 0 saturated carbocycles. The predicted molar refractivity (Wildman–Crippen MR) is 175 cm³/mol. The molecule has 3 rings (SSSR count). The maximum atomic E-state index is 2.72. The Morgan fingerprint density at radius 1 is 0.600 bits per heavy atom. The lowest BCUT2D eigenvalue weighted by Gasteiger charge is -2.53. The van der Waals surface area contributed by atoms with Gasteiger partial charge in [0.25, 0.3) is 0 Å². The first kappa shape index (κ1) is 32.3. The third kappa shape index (κ3) is 9.42. The van der Waals surface area contributed by atoms with Crippen LogP contribution in [-0.2, 0) is 6.42 Å². The van der Waals surface area contributed by atoms with E-state index < -0.39 is 0 Å². The van der Waals surface area contributed by atoms with E-state index in [0.29, 0.717) is 12.0 Å². The standard InChI is InChI=1S/C38H60N2/c1-5-7-8-9-10-11-12-13-14-15-16-17-18-25-30-39-31-32-40(34(3)4)38(39,33-35-26-21-19-22-27-35)37(6-2)36-28-23-20-24-29-36/h19-24,26-29,31-32,34,37H,5-18,25,30,33H2,1-4H3. The van der Waals surface area contributed by atoms with Gasteiger partial charge in [0, 0.05) is 37.3 Å². The molecule has 0 spiro atoms. The van der Waals surface area contributed by atoms with Crippen molar-refractivity contribution in [2.45, 2.75) is 148 Å². The van der Waals surface area contributed by atoms with E-state index in [0.717, 1.165) is 19.4 Å². The van der Waals surface area contributed by atoms with E-state index in [2.05, 4.69) is 111 Å². The summed E-state index contributed by atoms with van der Waals surface area (Å²) in [7, 11) is 0. The summed E-state index contributed by atoms with van der Waals surface area (Å²) in [4.78, 5) is 5.40. The summed E-state index contributed by atoms with van der Waals surface area (Å²) in [5, 5.41) is 0. The molecule has 1 heterocycles. The normalized spacial score (nSPS) is 17.7. The number of hydrogen-bond donors (Lipinski definition) is 0. The van der Waals surface area contributed by atoms with Gasteiger partial charge in [-0.15, -0.1) is 0 Å². The minimum atomic E-state index is -0.0812. The summed E-state index contributed by atoms with van der Waals surface area (Å²) in [5.41, 5.74) is 2.81. The Hall–Kier alpha value is -2.22. The molecule has 2 unspecified atom stereocenters. The zero-order valence-corrected chi connectivity index (χ0v) is 26.5. The van der Waals surface area contributed by atoms with Gasteiger partial charge in [-0.2, -0.15) is 0 Å². The van der Waals surface area contributed by atoms with Crippen LogP contribution in [-0.4, -0.2) is 28.0 Å². The third-order valence-electron chi connectivity index (χ3n) is 9.14. The van der Waals surface area contributed by atoms with Crippen LogP contribution >= 0.6 is 0 Å². The van der Waals surface area contributed by atoms with Crippen molar-refractivity contribution in [1.29, 1.82) is 0 Å². The molecule has 0 saturated heterocycles. The van der Waals surface area contributed by atoms with E-state index in [1.807, 2.05) is 0 Å². The van der Waals surface area contributed by atoms with E-state index in [4.69, 9.17) is 0 Å². The minimum Gasteiger partial charge on any atom is -0.353 e. The van der Waals surface area contributed by atoms with Crippen molar-refractivity contribution in [2.75, 3.05) is 6.54 Å². The number of rotatable bonds is 21. The molecule has 40 heavy (non-hydrogen) atoms. The molecule has 2 atom stereocenters. The molecule has 2 aromatic carbocycles. The summed E-state index contributed by atoms with van der Waals surface area (Å²) in [6, 6.07) is 22.9. The Bertz CT molecular complexity index is 921. The topological polar surface area (TPSA) is 6.48 Å². The number of unbranched alkanes of at least 4 members (excludes halogenated alkanes) is 13. The van der Waals surface area contributed by atoms with Crippen LogP contribution in [0.15, 0.2) is 73.1 Å². The van der Waals surface area contributed by atoms with Crippen molar-refractivity contribution in [2.24, 2.45) is 0 Å². The summed E-state index contributed by atoms with van der Waals surface area (Å²) in [6.45, 7) is 10.5. The Labute approximate surface area is 248 Å². The van der Waals surface area contributed by atoms with Crippen LogP contribution in [0.2, 0.25) is 0 Å². The average molecular weight is 545 g/mol. The zero-order valence-electron chi connectivity index (χ0n) is 26.5. The van der Waals surface area contributed by atoms with E-state index in [1.165, 1.54) is 101 Å². The summed E-state index contributed by atoms with van der Waals surface area (Å²) < 4.78 is 0. The van der Waals surface area contributed by atoms with Crippen LogP contribution in [0.4, 0.5) is 0 Å². The Kier molecular flexibility index (Phi) is 14.7. The molecule has 0 bridgehead atoms. The molecular weight excluding hydrogens is 484 g/mol. The van der Waals surface area contributed by atoms with Gasteiger partial charge in [0.2, 0.25) is 0 Å². The van der Waals surface area contributed by atoms with Gasteiger partial charge < -0.3 is 9.80 Å². The molecule has 0 fully saturated rings. The zero-order chi connectivity index (χ0) is 28.5. The molecule has 1 aliphatic rings. The predicted octanol–water partition coefficient (Wildman–Crippen LogP) is 11.1. The maximum absolute atomic E-state index is 2.72. The van der Waals surface area contributed by atoms with Gasteiger partial charge in [0.1, 0.15) is 5.66 Å². The average Bonchev–Trinajstić information content (AvgIpc) is 3.33. The van der Waals surface area contributed by atoms with Gasteiger partial charge in [-0.1, -0.05) is 158 Å². The third-order valence-corrected chi connectivity index (χ3v) is 9.14. The van der Waals surface area contributed by atoms with Gasteiger partial charge in [-0.3, -0.25) is 0 Å². The van der Waals surface area contributed by atoms with Crippen molar-refractivity contribution in [3.63, 3.8) is 0 Å². The van der Waals surface area contributed by atoms with Crippen LogP contribution in [0.1, 0.15) is 141 Å². The lowest BCUT2D eigenvalue weighted by atomic mass is 9.77. The lowest BCUT2D eigenvalue weighted by Crippen LogP contribution is -2.60. The van der Waals surface area contributed by atoms with Crippen LogP contribution in [0.3, 0.4) is 0 Å². The Morgan fingerprint density at radius 3 is 1.60 bits per heavy atom. The van der Waals surface area contributed by atoms with Crippen molar-refractivity contribution in [3.05, 3.63) is 84.2 Å². The first-order valence-corrected chi connectivity index (χ1v) is 17.0. The number of nitrogens with zero attached hydrogens (tertiary/aromatic N) is 2. The van der Waals surface area contributed by atoms with Gasteiger partial charge in [0.05, 0.1) is 0 Å². The van der Waals surface area contributed by atoms with Crippen molar-refractivity contribution >= 4 is 0 Å². The number of hydrogen-bond acceptors (Lipinski definition) is 2. The van der Waals surface area contributed by atoms with E-state index >= 15 is 0 Å². The molecule has 0 N–H and O–H groups in total. The molecule has 2 nitrogen and oxygen atoms in total. The van der Waals surface area contributed by atoms with Crippen LogP contribution < -0.4 is 0 Å². The highest BCUT2D eigenvalue weighted by atomic mass is 15.4. The first-order valence-electron chi connectivity index (χ1n) is 17.0. The van der Waals surface area contributed by atoms with Gasteiger partial charge in [-0.05, 0) is 37.8 Å². The maximum Gasteiger partial charge on any atom is 0.123 e. The molecule has 222 valence electrons. The molecule has 0 aromatic heterocycles. The highest BCUT2D eigenvalue weighted by Gasteiger charge is 2.50. The van der Waals surface area contributed by atoms with Crippen LogP contribution in [0.25, 0.3) is 0 Å². The van der Waals surface area contributed by atoms with E-state index in [9.17, 15) is 0 Å². The second kappa shape index (κ2) is 18.3. The van der Waals surface area contributed by atoms with Crippen LogP contribution in [0, 0.1) is 0 Å². The Balaban J connectivity index is 1.55. The van der Waals surface area contributed by atoms with Gasteiger partial charge >= 0.3 is 0 Å². The fourth-order valence-corrected chi connectivity index (χ4v) is 7.03. The lowest BCUT2D eigenvalue weighted by molar-refractivity contribution is -0.0191. The molecule has 2 heteroatoms. The quantitative estimate of drug-likeness (QED) is 0.144. The highest BCUT2D eigenvalue weighted by molar-refractivity contribution is 5.30. The minimum absolute atomic E-state index is 0.0812. The Morgan fingerprint density at radius 2 is 1.10 bits per heavy atom. The number of benzene rings is 2. The second-order valence-corrected chi connectivity index (χ2v) is 12.5. The largest absolute Gasteiger partial charge is 0.353 e. The summed E-state index contributed by atoms with van der Waals surface area (Å²) in [6.07, 6.45) is 26.7. The summed E-state index contributed by atoms with van der Waals surface area (Å²) in [5.74, 6) is 0.429. The smallest absolute Gasteiger partial charge is 0.123 e. The SMILES string of the molecule is CCCCCCCCCCCCCCCCN1C=CN(C(C)C)C1(Cc1ccccc1)C(CC)c1ccccc1. The first-order chi connectivity index (χ1) is 19.6. The monoisotopic (exact) mass is 544 g/mol. The van der Waals surface area contributed by atoms with E-state index in [1.54, 1.807) is 0 Å². The molecule has 0 amide bonds. The molecule has 1 aliphatic heterocycles. The highest BCUT2D eigenvalue weighted by Crippen LogP contribution is 2.46. The van der Waals surface area contributed by atoms with Crippen LogP contribution in [0.5, 0.6) is 0 Å². The molecule has 0 aliphatic carbocycles. The molecule has 0 radical (unpaired) electrons.